The van der Waals surface area contributed by atoms with E-state index < -0.39 is 5.97 Å². The number of benzene rings is 1. The number of rotatable bonds is 3. The van der Waals surface area contributed by atoms with Crippen molar-refractivity contribution < 1.29 is 14.4 Å². The molecule has 0 fully saturated rings. The molecule has 0 bridgehead atoms. The first-order valence-corrected chi connectivity index (χ1v) is 7.67. The van der Waals surface area contributed by atoms with Crippen LogP contribution in [0.5, 0.6) is 0 Å². The van der Waals surface area contributed by atoms with E-state index in [-0.39, 0.29) is 11.7 Å². The Morgan fingerprint density at radius 1 is 1.18 bits per heavy atom. The Hall–Kier alpha value is -2.01. The lowest BCUT2D eigenvalue weighted by atomic mass is 9.90. The zero-order valence-electron chi connectivity index (χ0n) is 12.6. The highest BCUT2D eigenvalue weighted by atomic mass is 79.9. The van der Waals surface area contributed by atoms with E-state index >= 15 is 0 Å². The van der Waals surface area contributed by atoms with Crippen LogP contribution in [0, 0.1) is 5.92 Å². The zero-order chi connectivity index (χ0) is 16.3. The summed E-state index contributed by atoms with van der Waals surface area (Å²) in [5.74, 6) is -0.466. The van der Waals surface area contributed by atoms with Crippen LogP contribution >= 0.6 is 15.9 Å². The molecule has 0 unspecified atom stereocenters. The van der Waals surface area contributed by atoms with Gasteiger partial charge >= 0.3 is 5.97 Å². The minimum atomic E-state index is -0.536. The number of nitrogens with zero attached hydrogens (tertiary/aromatic N) is 1. The summed E-state index contributed by atoms with van der Waals surface area (Å²) in [6.07, 6.45) is 3.19. The third-order valence-corrected chi connectivity index (χ3v) is 3.78. The predicted molar refractivity (Wildman–Crippen MR) is 88.7 cm³/mol. The highest BCUT2D eigenvalue weighted by Crippen LogP contribution is 2.20. The molecule has 1 aromatic rings. The van der Waals surface area contributed by atoms with Gasteiger partial charge in [0, 0.05) is 4.47 Å². The molecule has 0 radical (unpaired) electrons. The molecule has 0 saturated carbocycles. The summed E-state index contributed by atoms with van der Waals surface area (Å²) < 4.78 is 0.879. The lowest BCUT2D eigenvalue weighted by Crippen LogP contribution is -2.16. The molecule has 4 nitrogen and oxygen atoms in total. The van der Waals surface area contributed by atoms with Gasteiger partial charge in [0.25, 0.3) is 0 Å². The second-order valence-corrected chi connectivity index (χ2v) is 6.22. The van der Waals surface area contributed by atoms with Crippen molar-refractivity contribution in [2.75, 3.05) is 0 Å². The van der Waals surface area contributed by atoms with Gasteiger partial charge in [0.15, 0.2) is 5.78 Å². The van der Waals surface area contributed by atoms with Gasteiger partial charge < -0.3 is 4.84 Å². The molecule has 1 aliphatic rings. The fourth-order valence-electron chi connectivity index (χ4n) is 1.96. The molecule has 22 heavy (non-hydrogen) atoms. The van der Waals surface area contributed by atoms with Crippen LogP contribution in [0.25, 0.3) is 0 Å². The highest BCUT2D eigenvalue weighted by Gasteiger charge is 2.19. The van der Waals surface area contributed by atoms with Crippen LogP contribution in [0.15, 0.2) is 57.2 Å². The molecule has 0 N–H and O–H groups in total. The molecule has 0 amide bonds. The lowest BCUT2D eigenvalue weighted by Gasteiger charge is -2.15. The molecule has 114 valence electrons. The van der Waals surface area contributed by atoms with Crippen molar-refractivity contribution in [1.82, 2.24) is 0 Å². The summed E-state index contributed by atoms with van der Waals surface area (Å²) in [7, 11) is 0. The summed E-state index contributed by atoms with van der Waals surface area (Å²) in [6, 6.07) is 6.81. The molecule has 1 aromatic carbocycles. The van der Waals surface area contributed by atoms with E-state index in [4.69, 9.17) is 4.84 Å². The number of hydrogen-bond acceptors (Lipinski definition) is 4. The molecule has 0 spiro atoms. The summed E-state index contributed by atoms with van der Waals surface area (Å²) in [4.78, 5) is 28.7. The van der Waals surface area contributed by atoms with E-state index in [0.717, 1.165) is 10.0 Å². The van der Waals surface area contributed by atoms with E-state index in [1.165, 1.54) is 0 Å². The normalized spacial score (nSPS) is 16.6. The smallest absolute Gasteiger partial charge is 0.312 e. The van der Waals surface area contributed by atoms with Crippen LogP contribution in [0.2, 0.25) is 0 Å². The number of ketones is 1. The van der Waals surface area contributed by atoms with Gasteiger partial charge in [0.05, 0.1) is 5.56 Å². The molecule has 0 aliphatic heterocycles. The molecule has 1 aliphatic carbocycles. The number of halogens is 1. The number of carbonyl (C=O) groups excluding carboxylic acids is 2. The van der Waals surface area contributed by atoms with Crippen molar-refractivity contribution in [2.24, 2.45) is 11.1 Å². The third-order valence-electron chi connectivity index (χ3n) is 3.25. The van der Waals surface area contributed by atoms with Crippen LogP contribution in [0.1, 0.15) is 31.1 Å². The summed E-state index contributed by atoms with van der Waals surface area (Å²) in [6.45, 7) is 5.63. The Balaban J connectivity index is 2.20. The molecule has 2 rings (SSSR count). The molecule has 0 heterocycles. The van der Waals surface area contributed by atoms with Crippen LogP contribution < -0.4 is 0 Å². The Bertz CT molecular complexity index is 697. The van der Waals surface area contributed by atoms with Gasteiger partial charge in [-0.15, -0.1) is 0 Å². The van der Waals surface area contributed by atoms with Crippen molar-refractivity contribution in [3.05, 3.63) is 57.6 Å². The second kappa shape index (κ2) is 6.83. The average Bonchev–Trinajstić information content (AvgIpc) is 2.48. The molecule has 0 atom stereocenters. The van der Waals surface area contributed by atoms with Crippen molar-refractivity contribution in [1.29, 1.82) is 0 Å². The average molecular weight is 362 g/mol. The Morgan fingerprint density at radius 2 is 1.82 bits per heavy atom. The fraction of sp³-hybridized carbons (Fsp3) is 0.235. The Kier molecular flexibility index (Phi) is 5.08. The largest absolute Gasteiger partial charge is 0.365 e. The van der Waals surface area contributed by atoms with Crippen LogP contribution in [-0.2, 0) is 9.63 Å². The molecule has 5 heteroatoms. The third kappa shape index (κ3) is 3.80. The van der Waals surface area contributed by atoms with Gasteiger partial charge in [0.1, 0.15) is 5.71 Å². The minimum absolute atomic E-state index is 0.0399. The maximum absolute atomic E-state index is 12.0. The van der Waals surface area contributed by atoms with E-state index in [1.54, 1.807) is 43.3 Å². The van der Waals surface area contributed by atoms with E-state index in [0.29, 0.717) is 16.8 Å². The minimum Gasteiger partial charge on any atom is -0.312 e. The lowest BCUT2D eigenvalue weighted by molar-refractivity contribution is -0.111. The molecular formula is C17H16BrNO3. The summed E-state index contributed by atoms with van der Waals surface area (Å²) in [5, 5.41) is 3.93. The van der Waals surface area contributed by atoms with Crippen molar-refractivity contribution in [3.63, 3.8) is 0 Å². The maximum atomic E-state index is 12.0. The van der Waals surface area contributed by atoms with Crippen LogP contribution in [-0.4, -0.2) is 17.5 Å². The number of hydrogen-bond donors (Lipinski definition) is 0. The predicted octanol–water partition coefficient (Wildman–Crippen LogP) is 4.07. The quantitative estimate of drug-likeness (QED) is 0.463. The van der Waals surface area contributed by atoms with Gasteiger partial charge in [-0.25, -0.2) is 4.79 Å². The first kappa shape index (κ1) is 16.4. The first-order chi connectivity index (χ1) is 10.4. The Labute approximate surface area is 137 Å². The monoisotopic (exact) mass is 361 g/mol. The number of carbonyl (C=O) groups is 2. The molecule has 0 aromatic heterocycles. The summed E-state index contributed by atoms with van der Waals surface area (Å²) in [5.41, 5.74) is 2.26. The van der Waals surface area contributed by atoms with Crippen molar-refractivity contribution in [2.45, 2.75) is 20.8 Å². The topological polar surface area (TPSA) is 55.7 Å². The SMILES string of the molecule is CC1=C/C(=N/OC(=O)c2ccc(Br)cc2)C(C(C)C)=CC1=O. The van der Waals surface area contributed by atoms with Crippen molar-refractivity contribution >= 4 is 33.4 Å². The number of oxime groups is 1. The highest BCUT2D eigenvalue weighted by molar-refractivity contribution is 9.10. The van der Waals surface area contributed by atoms with Gasteiger partial charge in [-0.2, -0.15) is 0 Å². The van der Waals surface area contributed by atoms with Gasteiger partial charge in [-0.1, -0.05) is 34.9 Å². The molecule has 0 saturated heterocycles. The zero-order valence-corrected chi connectivity index (χ0v) is 14.2. The maximum Gasteiger partial charge on any atom is 0.365 e. The van der Waals surface area contributed by atoms with Crippen molar-refractivity contribution in [3.8, 4) is 0 Å². The van der Waals surface area contributed by atoms with Crippen LogP contribution in [0.3, 0.4) is 0 Å². The van der Waals surface area contributed by atoms with E-state index in [2.05, 4.69) is 21.1 Å². The van der Waals surface area contributed by atoms with Gasteiger partial charge in [0.2, 0.25) is 0 Å². The standard InChI is InChI=1S/C17H16BrNO3/c1-10(2)14-9-16(20)11(3)8-15(14)19-22-17(21)12-4-6-13(18)7-5-12/h4-10H,1-3H3/b19-15-. The number of allylic oxidation sites excluding steroid dienone is 4. The van der Waals surface area contributed by atoms with Gasteiger partial charge in [-0.3, -0.25) is 4.79 Å². The first-order valence-electron chi connectivity index (χ1n) is 6.88. The van der Waals surface area contributed by atoms with E-state index in [1.807, 2.05) is 13.8 Å². The Morgan fingerprint density at radius 3 is 2.41 bits per heavy atom. The fourth-order valence-corrected chi connectivity index (χ4v) is 2.22. The van der Waals surface area contributed by atoms with Gasteiger partial charge in [-0.05, 0) is 60.4 Å². The van der Waals surface area contributed by atoms with Crippen LogP contribution in [0.4, 0.5) is 0 Å². The molecular weight excluding hydrogens is 346 g/mol. The van der Waals surface area contributed by atoms with E-state index in [9.17, 15) is 9.59 Å². The summed E-state index contributed by atoms with van der Waals surface area (Å²) >= 11 is 3.31. The second-order valence-electron chi connectivity index (χ2n) is 5.31.